The third kappa shape index (κ3) is 5.15. The zero-order valence-corrected chi connectivity index (χ0v) is 17.0. The third-order valence-corrected chi connectivity index (χ3v) is 6.30. The van der Waals surface area contributed by atoms with Crippen molar-refractivity contribution in [3.63, 3.8) is 0 Å². The summed E-state index contributed by atoms with van der Waals surface area (Å²) in [6.45, 7) is 3.20. The van der Waals surface area contributed by atoms with Gasteiger partial charge in [-0.3, -0.25) is 4.79 Å². The van der Waals surface area contributed by atoms with Gasteiger partial charge in [0, 0.05) is 32.4 Å². The van der Waals surface area contributed by atoms with Crippen LogP contribution in [0.15, 0.2) is 48.7 Å². The second-order valence-corrected chi connectivity index (χ2v) is 8.41. The van der Waals surface area contributed by atoms with Gasteiger partial charge >= 0.3 is 0 Å². The van der Waals surface area contributed by atoms with E-state index in [1.54, 1.807) is 6.20 Å². The van der Waals surface area contributed by atoms with E-state index in [2.05, 4.69) is 40.2 Å². The highest BCUT2D eigenvalue weighted by molar-refractivity contribution is 5.94. The number of hydrogen-bond acceptors (Lipinski definition) is 4. The van der Waals surface area contributed by atoms with Gasteiger partial charge < -0.3 is 14.9 Å². The number of aryl methyl sites for hydroxylation is 1. The molecule has 1 aromatic carbocycles. The molecule has 154 valence electrons. The summed E-state index contributed by atoms with van der Waals surface area (Å²) in [5, 5.41) is 9.85. The van der Waals surface area contributed by atoms with Gasteiger partial charge in [-0.25, -0.2) is 4.98 Å². The van der Waals surface area contributed by atoms with E-state index in [1.165, 1.54) is 12.0 Å². The number of hydrogen-bond donors (Lipinski definition) is 1. The monoisotopic (exact) mass is 393 g/mol. The van der Waals surface area contributed by atoms with Crippen LogP contribution in [0.4, 0.5) is 5.82 Å². The Balaban J connectivity index is 1.27. The predicted octanol–water partition coefficient (Wildman–Crippen LogP) is 3.53. The predicted molar refractivity (Wildman–Crippen MR) is 115 cm³/mol. The SMILES string of the molecule is O=C(c1ccc(N2CCC[C@@H](O)C2)nc1)N1CCC(CCc2ccccc2)CC1. The second kappa shape index (κ2) is 9.40. The first kappa shape index (κ1) is 19.9. The van der Waals surface area contributed by atoms with Crippen molar-refractivity contribution in [2.45, 2.75) is 44.6 Å². The van der Waals surface area contributed by atoms with Crippen LogP contribution in [-0.2, 0) is 6.42 Å². The van der Waals surface area contributed by atoms with Crippen molar-refractivity contribution in [2.24, 2.45) is 5.92 Å². The Morgan fingerprint density at radius 3 is 2.52 bits per heavy atom. The van der Waals surface area contributed by atoms with Crippen LogP contribution in [0, 0.1) is 5.92 Å². The lowest BCUT2D eigenvalue weighted by Crippen LogP contribution is -2.39. The van der Waals surface area contributed by atoms with E-state index in [1.807, 2.05) is 17.0 Å². The van der Waals surface area contributed by atoms with Crippen LogP contribution in [0.5, 0.6) is 0 Å². The number of benzene rings is 1. The molecule has 0 bridgehead atoms. The molecule has 0 aliphatic carbocycles. The molecule has 1 aromatic heterocycles. The minimum absolute atomic E-state index is 0.0873. The molecule has 0 spiro atoms. The molecule has 3 heterocycles. The fourth-order valence-corrected chi connectivity index (χ4v) is 4.49. The molecule has 2 fully saturated rings. The minimum atomic E-state index is -0.282. The Morgan fingerprint density at radius 1 is 1.03 bits per heavy atom. The fourth-order valence-electron chi connectivity index (χ4n) is 4.49. The highest BCUT2D eigenvalue weighted by atomic mass is 16.3. The number of carbonyl (C=O) groups excluding carboxylic acids is 1. The fraction of sp³-hybridized carbons (Fsp3) is 0.500. The Morgan fingerprint density at radius 2 is 1.83 bits per heavy atom. The molecule has 5 nitrogen and oxygen atoms in total. The Kier molecular flexibility index (Phi) is 6.45. The van der Waals surface area contributed by atoms with Crippen LogP contribution >= 0.6 is 0 Å². The van der Waals surface area contributed by atoms with Crippen molar-refractivity contribution >= 4 is 11.7 Å². The maximum atomic E-state index is 12.9. The van der Waals surface area contributed by atoms with Gasteiger partial charge in [0.25, 0.3) is 5.91 Å². The summed E-state index contributed by atoms with van der Waals surface area (Å²) in [6, 6.07) is 14.4. The van der Waals surface area contributed by atoms with Gasteiger partial charge in [-0.15, -0.1) is 0 Å². The van der Waals surface area contributed by atoms with Crippen molar-refractivity contribution in [3.05, 3.63) is 59.8 Å². The molecule has 1 N–H and O–H groups in total. The first-order chi connectivity index (χ1) is 14.2. The molecule has 1 atom stereocenters. The number of pyridine rings is 1. The Hall–Kier alpha value is -2.40. The topological polar surface area (TPSA) is 56.7 Å². The molecule has 0 unspecified atom stereocenters. The molecular formula is C24H31N3O2. The largest absolute Gasteiger partial charge is 0.391 e. The van der Waals surface area contributed by atoms with Crippen molar-refractivity contribution in [1.82, 2.24) is 9.88 Å². The molecule has 5 heteroatoms. The van der Waals surface area contributed by atoms with E-state index >= 15 is 0 Å². The van der Waals surface area contributed by atoms with E-state index in [-0.39, 0.29) is 12.0 Å². The van der Waals surface area contributed by atoms with Crippen molar-refractivity contribution in [2.75, 3.05) is 31.1 Å². The van der Waals surface area contributed by atoms with Crippen molar-refractivity contribution < 1.29 is 9.90 Å². The van der Waals surface area contributed by atoms with Gasteiger partial charge in [0.05, 0.1) is 11.7 Å². The Bertz CT molecular complexity index is 786. The summed E-state index contributed by atoms with van der Waals surface area (Å²) in [5.74, 6) is 1.63. The second-order valence-electron chi connectivity index (χ2n) is 8.41. The number of β-amino-alcohol motifs (C(OH)–C–C–N with tert-alkyl or cyclic N) is 1. The first-order valence-corrected chi connectivity index (χ1v) is 10.9. The number of aliphatic hydroxyl groups excluding tert-OH is 1. The average Bonchev–Trinajstić information content (AvgIpc) is 2.78. The van der Waals surface area contributed by atoms with Gasteiger partial charge in [0.15, 0.2) is 0 Å². The van der Waals surface area contributed by atoms with Crippen LogP contribution in [0.1, 0.15) is 48.0 Å². The summed E-state index contributed by atoms with van der Waals surface area (Å²) < 4.78 is 0. The smallest absolute Gasteiger partial charge is 0.255 e. The third-order valence-electron chi connectivity index (χ3n) is 6.30. The number of likely N-dealkylation sites (tertiary alicyclic amines) is 1. The van der Waals surface area contributed by atoms with Crippen molar-refractivity contribution in [1.29, 1.82) is 0 Å². The molecule has 29 heavy (non-hydrogen) atoms. The number of aliphatic hydroxyl groups is 1. The van der Waals surface area contributed by atoms with E-state index in [0.29, 0.717) is 18.0 Å². The van der Waals surface area contributed by atoms with E-state index < -0.39 is 0 Å². The van der Waals surface area contributed by atoms with Crippen LogP contribution in [0.2, 0.25) is 0 Å². The van der Waals surface area contributed by atoms with Gasteiger partial charge in [-0.2, -0.15) is 0 Å². The molecule has 1 amide bonds. The molecule has 0 radical (unpaired) electrons. The molecule has 2 aromatic rings. The average molecular weight is 394 g/mol. The zero-order chi connectivity index (χ0) is 20.1. The summed E-state index contributed by atoms with van der Waals surface area (Å²) >= 11 is 0. The standard InChI is InChI=1S/C24H31N3O2/c28-22-7-4-14-27(18-22)23-11-10-21(17-25-23)24(29)26-15-12-20(13-16-26)9-8-19-5-2-1-3-6-19/h1-3,5-6,10-11,17,20,22,28H,4,7-9,12-16,18H2/t22-/m1/s1. The molecule has 2 aliphatic heterocycles. The molecule has 0 saturated carbocycles. The number of anilines is 1. The Labute approximate surface area is 173 Å². The maximum absolute atomic E-state index is 12.9. The van der Waals surface area contributed by atoms with Crippen LogP contribution in [0.3, 0.4) is 0 Å². The number of aromatic nitrogens is 1. The molecule has 4 rings (SSSR count). The summed E-state index contributed by atoms with van der Waals surface area (Å²) in [4.78, 5) is 21.4. The number of amides is 1. The summed E-state index contributed by atoms with van der Waals surface area (Å²) in [7, 11) is 0. The van der Waals surface area contributed by atoms with E-state index in [0.717, 1.165) is 57.6 Å². The maximum Gasteiger partial charge on any atom is 0.255 e. The number of carbonyl (C=O) groups is 1. The number of nitrogens with zero attached hydrogens (tertiary/aromatic N) is 3. The van der Waals surface area contributed by atoms with Crippen LogP contribution < -0.4 is 4.90 Å². The van der Waals surface area contributed by atoms with Gasteiger partial charge in [-0.05, 0) is 62.1 Å². The lowest BCUT2D eigenvalue weighted by atomic mass is 9.90. The first-order valence-electron chi connectivity index (χ1n) is 10.9. The quantitative estimate of drug-likeness (QED) is 0.844. The number of piperidine rings is 2. The van der Waals surface area contributed by atoms with Gasteiger partial charge in [-0.1, -0.05) is 30.3 Å². The highest BCUT2D eigenvalue weighted by Gasteiger charge is 2.24. The normalized spacial score (nSPS) is 20.7. The van der Waals surface area contributed by atoms with Gasteiger partial charge in [0.2, 0.25) is 0 Å². The molecule has 2 saturated heterocycles. The van der Waals surface area contributed by atoms with E-state index in [9.17, 15) is 9.90 Å². The number of rotatable bonds is 5. The van der Waals surface area contributed by atoms with E-state index in [4.69, 9.17) is 0 Å². The molecule has 2 aliphatic rings. The zero-order valence-electron chi connectivity index (χ0n) is 17.0. The van der Waals surface area contributed by atoms with Crippen LogP contribution in [0.25, 0.3) is 0 Å². The summed E-state index contributed by atoms with van der Waals surface area (Å²) in [5.41, 5.74) is 2.06. The van der Waals surface area contributed by atoms with Gasteiger partial charge in [0.1, 0.15) is 5.82 Å². The highest BCUT2D eigenvalue weighted by Crippen LogP contribution is 2.24. The van der Waals surface area contributed by atoms with Crippen LogP contribution in [-0.4, -0.2) is 53.2 Å². The summed E-state index contributed by atoms with van der Waals surface area (Å²) in [6.07, 6.45) is 7.72. The lowest BCUT2D eigenvalue weighted by Gasteiger charge is -2.32. The molecular weight excluding hydrogens is 362 g/mol. The lowest BCUT2D eigenvalue weighted by molar-refractivity contribution is 0.0686. The minimum Gasteiger partial charge on any atom is -0.391 e. The van der Waals surface area contributed by atoms with Crippen molar-refractivity contribution in [3.8, 4) is 0 Å².